The normalized spacial score (nSPS) is 35.8. The fourth-order valence-electron chi connectivity index (χ4n) is 4.87. The number of rotatable bonds is 3. The molecule has 0 aromatic carbocycles. The molecule has 0 radical (unpaired) electrons. The van der Waals surface area contributed by atoms with Crippen LogP contribution in [0.15, 0.2) is 12.2 Å². The molecule has 3 aliphatic carbocycles. The van der Waals surface area contributed by atoms with Gasteiger partial charge in [-0.25, -0.2) is 0 Å². The van der Waals surface area contributed by atoms with Crippen LogP contribution in [0.3, 0.4) is 0 Å². The van der Waals surface area contributed by atoms with Gasteiger partial charge in [-0.05, 0) is 43.9 Å². The molecule has 5 rings (SSSR count). The van der Waals surface area contributed by atoms with Crippen molar-refractivity contribution in [2.24, 2.45) is 23.7 Å². The van der Waals surface area contributed by atoms with Gasteiger partial charge >= 0.3 is 0 Å². The molecule has 4 atom stereocenters. The van der Waals surface area contributed by atoms with Crippen molar-refractivity contribution >= 4 is 17.7 Å². The number of amides is 3. The van der Waals surface area contributed by atoms with E-state index in [1.54, 1.807) is 0 Å². The van der Waals surface area contributed by atoms with Gasteiger partial charge in [-0.1, -0.05) is 12.2 Å². The van der Waals surface area contributed by atoms with Gasteiger partial charge in [0.2, 0.25) is 17.7 Å². The average molecular weight is 316 g/mol. The van der Waals surface area contributed by atoms with Gasteiger partial charge in [0, 0.05) is 26.1 Å². The van der Waals surface area contributed by atoms with Crippen LogP contribution in [-0.2, 0) is 14.4 Å². The molecule has 0 aromatic rings. The van der Waals surface area contributed by atoms with Crippen molar-refractivity contribution in [3.8, 4) is 0 Å². The van der Waals surface area contributed by atoms with Crippen LogP contribution in [0.25, 0.3) is 0 Å². The Morgan fingerprint density at radius 3 is 2.04 bits per heavy atom. The number of hydrogen-bond acceptors (Lipinski definition) is 3. The third-order valence-electron chi connectivity index (χ3n) is 6.11. The standard InChI is InChI=1S/C18H24N2O3/c21-14(19-9-2-1-3-10-19)8-11-20-17(22)15-12-4-5-13(7-6-12)16(15)18(20)23/h4-5,12-13,15-16H,1-3,6-11H2. The van der Waals surface area contributed by atoms with E-state index in [2.05, 4.69) is 12.2 Å². The highest BCUT2D eigenvalue weighted by Crippen LogP contribution is 2.49. The summed E-state index contributed by atoms with van der Waals surface area (Å²) in [6.45, 7) is 1.90. The van der Waals surface area contributed by atoms with E-state index in [9.17, 15) is 14.4 Å². The van der Waals surface area contributed by atoms with Crippen LogP contribution in [0.2, 0.25) is 0 Å². The first-order valence-electron chi connectivity index (χ1n) is 8.98. The van der Waals surface area contributed by atoms with Gasteiger partial charge in [0.05, 0.1) is 11.8 Å². The zero-order valence-electron chi connectivity index (χ0n) is 13.4. The molecule has 4 unspecified atom stereocenters. The maximum atomic E-state index is 12.7. The van der Waals surface area contributed by atoms with Gasteiger partial charge < -0.3 is 4.90 Å². The lowest BCUT2D eigenvalue weighted by Gasteiger charge is -2.38. The minimum absolute atomic E-state index is 0.0366. The third-order valence-corrected chi connectivity index (χ3v) is 6.11. The predicted molar refractivity (Wildman–Crippen MR) is 84.1 cm³/mol. The van der Waals surface area contributed by atoms with Crippen molar-refractivity contribution in [2.45, 2.75) is 38.5 Å². The molecular formula is C18H24N2O3. The Hall–Kier alpha value is -1.65. The molecule has 2 saturated heterocycles. The first-order valence-corrected chi connectivity index (χ1v) is 8.98. The number of hydrogen-bond donors (Lipinski definition) is 0. The van der Waals surface area contributed by atoms with Crippen LogP contribution in [0, 0.1) is 23.7 Å². The van der Waals surface area contributed by atoms with Gasteiger partial charge in [0.1, 0.15) is 0 Å². The number of nitrogens with zero attached hydrogens (tertiary/aromatic N) is 2. The molecule has 3 amide bonds. The maximum Gasteiger partial charge on any atom is 0.233 e. The van der Waals surface area contributed by atoms with Gasteiger partial charge in [-0.2, -0.15) is 0 Å². The van der Waals surface area contributed by atoms with E-state index in [4.69, 9.17) is 0 Å². The molecule has 2 aliphatic heterocycles. The molecule has 5 nitrogen and oxygen atoms in total. The monoisotopic (exact) mass is 316 g/mol. The topological polar surface area (TPSA) is 57.7 Å². The molecule has 124 valence electrons. The zero-order chi connectivity index (χ0) is 16.0. The lowest BCUT2D eigenvalue weighted by Crippen LogP contribution is -2.39. The highest BCUT2D eigenvalue weighted by molar-refractivity contribution is 6.06. The fraction of sp³-hybridized carbons (Fsp3) is 0.722. The van der Waals surface area contributed by atoms with E-state index in [-0.39, 0.29) is 54.4 Å². The minimum Gasteiger partial charge on any atom is -0.343 e. The number of likely N-dealkylation sites (tertiary alicyclic amines) is 2. The van der Waals surface area contributed by atoms with E-state index < -0.39 is 0 Å². The first-order chi connectivity index (χ1) is 11.2. The number of fused-ring (bicyclic) bond motifs is 1. The molecule has 0 aromatic heterocycles. The summed E-state index contributed by atoms with van der Waals surface area (Å²) in [5, 5.41) is 0. The Morgan fingerprint density at radius 2 is 1.52 bits per heavy atom. The van der Waals surface area contributed by atoms with E-state index in [1.165, 1.54) is 11.3 Å². The van der Waals surface area contributed by atoms with E-state index in [0.29, 0.717) is 0 Å². The van der Waals surface area contributed by atoms with Crippen LogP contribution < -0.4 is 0 Å². The van der Waals surface area contributed by atoms with Crippen molar-refractivity contribution < 1.29 is 14.4 Å². The summed E-state index contributed by atoms with van der Waals surface area (Å²) < 4.78 is 0. The molecule has 2 bridgehead atoms. The number of piperidine rings is 1. The van der Waals surface area contributed by atoms with Crippen LogP contribution in [-0.4, -0.2) is 47.2 Å². The fourth-order valence-corrected chi connectivity index (χ4v) is 4.87. The predicted octanol–water partition coefficient (Wildman–Crippen LogP) is 1.59. The van der Waals surface area contributed by atoms with Gasteiger partial charge in [-0.15, -0.1) is 0 Å². The van der Waals surface area contributed by atoms with E-state index >= 15 is 0 Å². The molecule has 0 spiro atoms. The van der Waals surface area contributed by atoms with Crippen molar-refractivity contribution in [3.63, 3.8) is 0 Å². The third kappa shape index (κ3) is 2.41. The van der Waals surface area contributed by atoms with Crippen molar-refractivity contribution in [2.75, 3.05) is 19.6 Å². The first kappa shape index (κ1) is 14.9. The van der Waals surface area contributed by atoms with Crippen molar-refractivity contribution in [3.05, 3.63) is 12.2 Å². The summed E-state index contributed by atoms with van der Waals surface area (Å²) in [5.74, 6) is 0.151. The van der Waals surface area contributed by atoms with E-state index in [1.807, 2.05) is 4.90 Å². The van der Waals surface area contributed by atoms with Gasteiger partial charge in [0.15, 0.2) is 0 Å². The summed E-state index contributed by atoms with van der Waals surface area (Å²) in [4.78, 5) is 40.9. The Kier molecular flexibility index (Phi) is 3.74. The number of carbonyl (C=O) groups is 3. The molecule has 0 N–H and O–H groups in total. The molecular weight excluding hydrogens is 292 g/mol. The van der Waals surface area contributed by atoms with Crippen molar-refractivity contribution in [1.82, 2.24) is 9.80 Å². The SMILES string of the molecule is O=C(CCN1C(=O)C2C3C=CC(CC3)C2C1=O)N1CCCCC1. The lowest BCUT2D eigenvalue weighted by atomic mass is 9.63. The summed E-state index contributed by atoms with van der Waals surface area (Å²) in [6.07, 6.45) is 9.88. The molecule has 5 heteroatoms. The summed E-state index contributed by atoms with van der Waals surface area (Å²) in [7, 11) is 0. The maximum absolute atomic E-state index is 12.7. The van der Waals surface area contributed by atoms with Crippen LogP contribution in [0.5, 0.6) is 0 Å². The second-order valence-electron chi connectivity index (χ2n) is 7.36. The number of allylic oxidation sites excluding steroid dienone is 2. The summed E-state index contributed by atoms with van der Waals surface area (Å²) in [6, 6.07) is 0. The van der Waals surface area contributed by atoms with Gasteiger partial charge in [-0.3, -0.25) is 19.3 Å². The Balaban J connectivity index is 1.41. The molecule has 1 saturated carbocycles. The number of imide groups is 1. The largest absolute Gasteiger partial charge is 0.343 e. The summed E-state index contributed by atoms with van der Waals surface area (Å²) >= 11 is 0. The highest BCUT2D eigenvalue weighted by Gasteiger charge is 2.56. The number of carbonyl (C=O) groups excluding carboxylic acids is 3. The summed E-state index contributed by atoms with van der Waals surface area (Å²) in [5.41, 5.74) is 0. The second kappa shape index (κ2) is 5.77. The smallest absolute Gasteiger partial charge is 0.233 e. The van der Waals surface area contributed by atoms with Crippen LogP contribution >= 0.6 is 0 Å². The zero-order valence-corrected chi connectivity index (χ0v) is 13.4. The average Bonchev–Trinajstić information content (AvgIpc) is 2.88. The molecule has 5 aliphatic rings. The van der Waals surface area contributed by atoms with Crippen molar-refractivity contribution in [1.29, 1.82) is 0 Å². The Labute approximate surface area is 136 Å². The van der Waals surface area contributed by atoms with E-state index in [0.717, 1.165) is 38.8 Å². The van der Waals surface area contributed by atoms with Crippen LogP contribution in [0.1, 0.15) is 38.5 Å². The molecule has 2 heterocycles. The minimum atomic E-state index is -0.156. The second-order valence-corrected chi connectivity index (χ2v) is 7.36. The molecule has 23 heavy (non-hydrogen) atoms. The Bertz CT molecular complexity index is 533. The highest BCUT2D eigenvalue weighted by atomic mass is 16.2. The molecule has 3 fully saturated rings. The Morgan fingerprint density at radius 1 is 0.957 bits per heavy atom. The lowest BCUT2D eigenvalue weighted by molar-refractivity contribution is -0.141. The quantitative estimate of drug-likeness (QED) is 0.587. The van der Waals surface area contributed by atoms with Crippen LogP contribution in [0.4, 0.5) is 0 Å². The van der Waals surface area contributed by atoms with Gasteiger partial charge in [0.25, 0.3) is 0 Å².